The van der Waals surface area contributed by atoms with E-state index in [0.717, 1.165) is 0 Å². The van der Waals surface area contributed by atoms with Crippen LogP contribution in [0, 0.1) is 0 Å². The van der Waals surface area contributed by atoms with Crippen molar-refractivity contribution in [2.75, 3.05) is 0 Å². The Balaban J connectivity index is 2.35. The van der Waals surface area contributed by atoms with E-state index < -0.39 is 39.8 Å². The maximum absolute atomic E-state index is 12.4. The first kappa shape index (κ1) is 13.0. The number of nitrogens with two attached hydrogens (primary N) is 1. The highest BCUT2D eigenvalue weighted by Crippen LogP contribution is 2.36. The summed E-state index contributed by atoms with van der Waals surface area (Å²) in [7, 11) is 0. The van der Waals surface area contributed by atoms with Gasteiger partial charge in [-0.15, -0.1) is 0 Å². The van der Waals surface area contributed by atoms with Crippen LogP contribution in [-0.2, 0) is 5.54 Å². The normalized spacial score (nSPS) is 16.0. The van der Waals surface area contributed by atoms with Gasteiger partial charge in [0.05, 0.1) is 0 Å². The first-order valence-corrected chi connectivity index (χ1v) is 5.91. The molecule has 0 spiro atoms. The Hall–Kier alpha value is -3.00. The van der Waals surface area contributed by atoms with Crippen molar-refractivity contribution in [1.29, 1.82) is 0 Å². The average Bonchev–Trinajstić information content (AvgIpc) is 2.61. The summed E-state index contributed by atoms with van der Waals surface area (Å²) in [6.45, 7) is 0. The first-order chi connectivity index (χ1) is 9.87. The number of aromatic hydroxyl groups is 1. The van der Waals surface area contributed by atoms with Crippen LogP contribution in [0.2, 0.25) is 0 Å². The minimum atomic E-state index is -2.36. The second-order valence-electron chi connectivity index (χ2n) is 4.64. The van der Waals surface area contributed by atoms with E-state index >= 15 is 0 Å². The van der Waals surface area contributed by atoms with E-state index in [9.17, 15) is 24.3 Å². The largest absolute Gasteiger partial charge is 0.494 e. The molecule has 1 aromatic carbocycles. The van der Waals surface area contributed by atoms with Crippen molar-refractivity contribution in [2.45, 2.75) is 5.54 Å². The van der Waals surface area contributed by atoms with Gasteiger partial charge in [-0.3, -0.25) is 24.4 Å². The van der Waals surface area contributed by atoms with Crippen LogP contribution in [0.5, 0.6) is 5.88 Å². The minimum Gasteiger partial charge on any atom is -0.494 e. The molecule has 0 bridgehead atoms. The molecule has 21 heavy (non-hydrogen) atoms. The van der Waals surface area contributed by atoms with Crippen molar-refractivity contribution in [3.63, 3.8) is 0 Å². The Bertz CT molecular complexity index is 874. The molecule has 1 aliphatic rings. The number of nitrogens with one attached hydrogen (secondary N) is 2. The van der Waals surface area contributed by atoms with Gasteiger partial charge in [0, 0.05) is 11.1 Å². The predicted octanol–water partition coefficient (Wildman–Crippen LogP) is -0.998. The molecule has 0 aliphatic heterocycles. The van der Waals surface area contributed by atoms with Crippen molar-refractivity contribution in [1.82, 2.24) is 9.97 Å². The third-order valence-electron chi connectivity index (χ3n) is 3.45. The summed E-state index contributed by atoms with van der Waals surface area (Å²) in [5.41, 5.74) is 0.908. The molecule has 106 valence electrons. The summed E-state index contributed by atoms with van der Waals surface area (Å²) in [6.07, 6.45) is 0. The van der Waals surface area contributed by atoms with Gasteiger partial charge in [-0.25, -0.2) is 4.79 Å². The number of aromatic nitrogens is 2. The smallest absolute Gasteiger partial charge is 0.328 e. The van der Waals surface area contributed by atoms with E-state index in [1.54, 1.807) is 12.1 Å². The third kappa shape index (κ3) is 1.53. The zero-order chi connectivity index (χ0) is 15.4. The Labute approximate surface area is 116 Å². The molecule has 0 unspecified atom stereocenters. The van der Waals surface area contributed by atoms with E-state index in [1.807, 2.05) is 9.97 Å². The number of carbonyl (C=O) groups excluding carboxylic acids is 2. The lowest BCUT2D eigenvalue weighted by atomic mass is 9.87. The van der Waals surface area contributed by atoms with Gasteiger partial charge in [0.1, 0.15) is 5.56 Å². The SMILES string of the molecule is NC1(c2c(O)[nH]c(=O)[nH]c2=O)C(=O)c2ccccc2C1=O. The highest BCUT2D eigenvalue weighted by atomic mass is 16.3. The molecule has 0 radical (unpaired) electrons. The number of ketones is 2. The van der Waals surface area contributed by atoms with Crippen molar-refractivity contribution in [3.8, 4) is 5.88 Å². The summed E-state index contributed by atoms with van der Waals surface area (Å²) in [5.74, 6) is -2.52. The molecule has 0 fully saturated rings. The van der Waals surface area contributed by atoms with Gasteiger partial charge in [-0.1, -0.05) is 24.3 Å². The molecular formula is C13H9N3O5. The maximum atomic E-state index is 12.4. The fourth-order valence-electron chi connectivity index (χ4n) is 2.47. The van der Waals surface area contributed by atoms with E-state index in [0.29, 0.717) is 0 Å². The molecule has 2 aromatic rings. The van der Waals surface area contributed by atoms with Gasteiger partial charge >= 0.3 is 5.69 Å². The second-order valence-corrected chi connectivity index (χ2v) is 4.64. The van der Waals surface area contributed by atoms with Crippen molar-refractivity contribution < 1.29 is 14.7 Å². The molecule has 0 saturated heterocycles. The number of fused-ring (bicyclic) bond motifs is 1. The van der Waals surface area contributed by atoms with Crippen LogP contribution in [0.4, 0.5) is 0 Å². The number of hydrogen-bond donors (Lipinski definition) is 4. The zero-order valence-corrected chi connectivity index (χ0v) is 10.5. The number of H-pyrrole nitrogens is 2. The molecule has 0 amide bonds. The van der Waals surface area contributed by atoms with Crippen LogP contribution in [-0.4, -0.2) is 26.6 Å². The van der Waals surface area contributed by atoms with E-state index in [2.05, 4.69) is 0 Å². The Morgan fingerprint density at radius 2 is 1.48 bits per heavy atom. The van der Waals surface area contributed by atoms with Gasteiger partial charge in [0.15, 0.2) is 17.1 Å². The van der Waals surface area contributed by atoms with Gasteiger partial charge in [-0.05, 0) is 0 Å². The standard InChI is InChI=1S/C13H9N3O5/c14-13(7-10(19)15-12(21)16-11(7)20)8(17)5-3-1-2-4-6(5)9(13)18/h1-4H,14H2,(H3,15,16,19,20,21). The molecule has 0 saturated carbocycles. The van der Waals surface area contributed by atoms with Crippen LogP contribution in [0.1, 0.15) is 26.3 Å². The highest BCUT2D eigenvalue weighted by Gasteiger charge is 2.54. The number of hydrogen-bond acceptors (Lipinski definition) is 6. The van der Waals surface area contributed by atoms with E-state index in [4.69, 9.17) is 5.73 Å². The van der Waals surface area contributed by atoms with Crippen LogP contribution in [0.25, 0.3) is 0 Å². The van der Waals surface area contributed by atoms with Crippen molar-refractivity contribution in [2.24, 2.45) is 5.73 Å². The quantitative estimate of drug-likeness (QED) is 0.495. The summed E-state index contributed by atoms with van der Waals surface area (Å²) in [6, 6.07) is 5.90. The summed E-state index contributed by atoms with van der Waals surface area (Å²) < 4.78 is 0. The topological polar surface area (TPSA) is 146 Å². The lowest BCUT2D eigenvalue weighted by molar-refractivity contribution is 0.0793. The van der Waals surface area contributed by atoms with Crippen LogP contribution < -0.4 is 17.0 Å². The molecule has 1 aliphatic carbocycles. The summed E-state index contributed by atoms with van der Waals surface area (Å²) in [4.78, 5) is 51.5. The lowest BCUT2D eigenvalue weighted by Crippen LogP contribution is -2.51. The molecule has 1 aromatic heterocycles. The highest BCUT2D eigenvalue weighted by molar-refractivity contribution is 6.32. The summed E-state index contributed by atoms with van der Waals surface area (Å²) >= 11 is 0. The van der Waals surface area contributed by atoms with Crippen molar-refractivity contribution >= 4 is 11.6 Å². The fraction of sp³-hybridized carbons (Fsp3) is 0.0769. The summed E-state index contributed by atoms with van der Waals surface area (Å²) in [5, 5.41) is 9.75. The average molecular weight is 287 g/mol. The van der Waals surface area contributed by atoms with Gasteiger partial charge < -0.3 is 10.8 Å². The van der Waals surface area contributed by atoms with E-state index in [-0.39, 0.29) is 11.1 Å². The van der Waals surface area contributed by atoms with Crippen LogP contribution in [0.3, 0.4) is 0 Å². The van der Waals surface area contributed by atoms with Gasteiger partial charge in [-0.2, -0.15) is 0 Å². The number of Topliss-reactive ketones (excluding diaryl/α,β-unsaturated/α-hetero) is 2. The Kier molecular flexibility index (Phi) is 2.47. The van der Waals surface area contributed by atoms with Crippen molar-refractivity contribution in [3.05, 3.63) is 61.8 Å². The molecule has 3 rings (SSSR count). The maximum Gasteiger partial charge on any atom is 0.328 e. The van der Waals surface area contributed by atoms with Crippen LogP contribution >= 0.6 is 0 Å². The monoisotopic (exact) mass is 287 g/mol. The second kappa shape index (κ2) is 4.00. The molecular weight excluding hydrogens is 278 g/mol. The number of rotatable bonds is 1. The molecule has 8 nitrogen and oxygen atoms in total. The Morgan fingerprint density at radius 3 is 1.95 bits per heavy atom. The third-order valence-corrected chi connectivity index (χ3v) is 3.45. The lowest BCUT2D eigenvalue weighted by Gasteiger charge is -2.19. The molecule has 1 heterocycles. The van der Waals surface area contributed by atoms with E-state index in [1.165, 1.54) is 12.1 Å². The van der Waals surface area contributed by atoms with Gasteiger partial charge in [0.25, 0.3) is 5.56 Å². The minimum absolute atomic E-state index is 0.0648. The predicted molar refractivity (Wildman–Crippen MR) is 70.3 cm³/mol. The molecule has 0 atom stereocenters. The van der Waals surface area contributed by atoms with Crippen LogP contribution in [0.15, 0.2) is 33.9 Å². The van der Waals surface area contributed by atoms with Gasteiger partial charge in [0.2, 0.25) is 5.88 Å². The fourth-order valence-corrected chi connectivity index (χ4v) is 2.47. The zero-order valence-electron chi connectivity index (χ0n) is 10.5. The Morgan fingerprint density at radius 1 is 0.952 bits per heavy atom. The number of carbonyl (C=O) groups is 2. The number of benzene rings is 1. The first-order valence-electron chi connectivity index (χ1n) is 5.91. The number of aromatic amines is 2. The molecule has 8 heteroatoms. The molecule has 5 N–H and O–H groups in total.